The number of alkyl halides is 3. The van der Waals surface area contributed by atoms with Crippen molar-refractivity contribution >= 4 is 12.0 Å². The summed E-state index contributed by atoms with van der Waals surface area (Å²) < 4.78 is 60.5. The van der Waals surface area contributed by atoms with Crippen molar-refractivity contribution in [2.75, 3.05) is 21.3 Å². The van der Waals surface area contributed by atoms with Crippen molar-refractivity contribution in [2.45, 2.75) is 12.3 Å². The van der Waals surface area contributed by atoms with Gasteiger partial charge in [0.05, 0.1) is 26.9 Å². The predicted molar refractivity (Wildman–Crippen MR) is 97.6 cm³/mol. The van der Waals surface area contributed by atoms with E-state index in [1.165, 1.54) is 33.5 Å². The Kier molecular flexibility index (Phi) is 5.32. The summed E-state index contributed by atoms with van der Waals surface area (Å²) in [6, 6.07) is 7.87. The zero-order valence-electron chi connectivity index (χ0n) is 15.7. The van der Waals surface area contributed by atoms with Crippen molar-refractivity contribution in [3.05, 3.63) is 41.5 Å². The summed E-state index contributed by atoms with van der Waals surface area (Å²) in [5.74, 6) is -0.638. The van der Waals surface area contributed by atoms with E-state index in [2.05, 4.69) is 0 Å². The molecule has 1 aliphatic heterocycles. The highest BCUT2D eigenvalue weighted by atomic mass is 19.4. The maximum Gasteiger partial charge on any atom is 0.430 e. The summed E-state index contributed by atoms with van der Waals surface area (Å²) in [6.07, 6.45) is -6.48. The zero-order valence-corrected chi connectivity index (χ0v) is 15.7. The van der Waals surface area contributed by atoms with E-state index in [0.29, 0.717) is 22.6 Å². The first-order valence-electron chi connectivity index (χ1n) is 8.32. The van der Waals surface area contributed by atoms with Crippen molar-refractivity contribution in [3.8, 4) is 34.1 Å². The Balaban J connectivity index is 2.16. The third kappa shape index (κ3) is 3.80. The molecular formula is C20H17F3O6. The molecule has 0 aliphatic carbocycles. The Bertz CT molecular complexity index is 981. The van der Waals surface area contributed by atoms with Gasteiger partial charge >= 0.3 is 12.1 Å². The Morgan fingerprint density at radius 3 is 2.21 bits per heavy atom. The molecule has 0 radical (unpaired) electrons. The van der Waals surface area contributed by atoms with Gasteiger partial charge in [-0.2, -0.15) is 13.2 Å². The second-order valence-electron chi connectivity index (χ2n) is 6.10. The number of halogens is 3. The van der Waals surface area contributed by atoms with Crippen molar-refractivity contribution in [3.63, 3.8) is 0 Å². The van der Waals surface area contributed by atoms with Crippen LogP contribution < -0.4 is 18.9 Å². The number of hydrogen-bond donors (Lipinski definition) is 1. The minimum Gasteiger partial charge on any atom is -0.496 e. The van der Waals surface area contributed by atoms with E-state index in [0.717, 1.165) is 6.08 Å². The lowest BCUT2D eigenvalue weighted by molar-refractivity contribution is -0.187. The first-order chi connectivity index (χ1) is 13.7. The Morgan fingerprint density at radius 2 is 1.66 bits per heavy atom. The van der Waals surface area contributed by atoms with Crippen LogP contribution in [0.1, 0.15) is 5.56 Å². The van der Waals surface area contributed by atoms with Crippen LogP contribution in [0, 0.1) is 0 Å². The van der Waals surface area contributed by atoms with Crippen LogP contribution in [-0.4, -0.2) is 44.7 Å². The van der Waals surface area contributed by atoms with Crippen molar-refractivity contribution < 1.29 is 42.0 Å². The molecule has 0 saturated heterocycles. The molecule has 1 aliphatic rings. The number of aliphatic carboxylic acids is 1. The minimum absolute atomic E-state index is 0.126. The number of carboxylic acid groups (broad SMARTS) is 1. The van der Waals surface area contributed by atoms with Crippen LogP contribution in [0.4, 0.5) is 13.2 Å². The van der Waals surface area contributed by atoms with Crippen LogP contribution in [0.25, 0.3) is 17.2 Å². The van der Waals surface area contributed by atoms with E-state index < -0.39 is 23.8 Å². The fourth-order valence-electron chi connectivity index (χ4n) is 3.04. The largest absolute Gasteiger partial charge is 0.496 e. The topological polar surface area (TPSA) is 74.2 Å². The van der Waals surface area contributed by atoms with E-state index in [9.17, 15) is 23.1 Å². The van der Waals surface area contributed by atoms with Gasteiger partial charge in [0.1, 0.15) is 11.5 Å². The van der Waals surface area contributed by atoms with Gasteiger partial charge in [-0.1, -0.05) is 6.07 Å². The molecule has 0 fully saturated rings. The lowest BCUT2D eigenvalue weighted by Crippen LogP contribution is -2.40. The zero-order chi connectivity index (χ0) is 21.3. The van der Waals surface area contributed by atoms with Crippen molar-refractivity contribution in [2.24, 2.45) is 0 Å². The van der Waals surface area contributed by atoms with Gasteiger partial charge in [-0.3, -0.25) is 0 Å². The molecule has 1 unspecified atom stereocenters. The molecule has 1 heterocycles. The van der Waals surface area contributed by atoms with Gasteiger partial charge in [0, 0.05) is 17.2 Å². The van der Waals surface area contributed by atoms with Crippen molar-refractivity contribution in [1.82, 2.24) is 0 Å². The number of carboxylic acids is 1. The number of fused-ring (bicyclic) bond motifs is 1. The average Bonchev–Trinajstić information content (AvgIpc) is 2.70. The quantitative estimate of drug-likeness (QED) is 0.798. The van der Waals surface area contributed by atoms with Gasteiger partial charge in [0.25, 0.3) is 0 Å². The number of hydrogen-bond acceptors (Lipinski definition) is 5. The highest BCUT2D eigenvalue weighted by Gasteiger charge is 2.48. The summed E-state index contributed by atoms with van der Waals surface area (Å²) in [5, 5.41) is 9.21. The SMILES string of the molecule is COc1ccc(-c2cc3c(cc2OC)OC(C(F)(F)F)C(C(=O)O)=C3)cc1OC. The van der Waals surface area contributed by atoms with E-state index in [-0.39, 0.29) is 17.1 Å². The first kappa shape index (κ1) is 20.4. The molecule has 0 spiro atoms. The third-order valence-corrected chi connectivity index (χ3v) is 4.41. The standard InChI is InChI=1S/C20H17F3O6/c1-26-14-5-4-10(8-17(14)28-3)12-6-11-7-13(19(24)25)18(20(21,22)23)29-15(11)9-16(12)27-2/h4-9,18H,1-3H3,(H,24,25). The summed E-state index contributed by atoms with van der Waals surface area (Å²) in [4.78, 5) is 11.3. The second kappa shape index (κ2) is 7.57. The molecule has 9 heteroatoms. The fraction of sp³-hybridized carbons (Fsp3) is 0.250. The van der Waals surface area contributed by atoms with Gasteiger partial charge in [0.15, 0.2) is 11.5 Å². The normalized spacial score (nSPS) is 15.7. The van der Waals surface area contributed by atoms with E-state index in [4.69, 9.17) is 18.9 Å². The highest BCUT2D eigenvalue weighted by Crippen LogP contribution is 2.44. The fourth-order valence-corrected chi connectivity index (χ4v) is 3.04. The monoisotopic (exact) mass is 410 g/mol. The molecule has 0 aromatic heterocycles. The predicted octanol–water partition coefficient (Wildman–Crippen LogP) is 4.17. The lowest BCUT2D eigenvalue weighted by Gasteiger charge is -2.28. The number of benzene rings is 2. The van der Waals surface area contributed by atoms with E-state index in [1.807, 2.05) is 0 Å². The molecule has 2 aromatic rings. The first-order valence-corrected chi connectivity index (χ1v) is 8.32. The molecule has 29 heavy (non-hydrogen) atoms. The van der Waals surface area contributed by atoms with Crippen LogP contribution in [0.5, 0.6) is 23.0 Å². The molecule has 6 nitrogen and oxygen atoms in total. The molecule has 3 rings (SSSR count). The molecule has 1 N–H and O–H groups in total. The van der Waals surface area contributed by atoms with Gasteiger partial charge in [-0.15, -0.1) is 0 Å². The van der Waals surface area contributed by atoms with Crippen LogP contribution >= 0.6 is 0 Å². The van der Waals surface area contributed by atoms with Gasteiger partial charge < -0.3 is 24.1 Å². The number of methoxy groups -OCH3 is 3. The second-order valence-corrected chi connectivity index (χ2v) is 6.10. The smallest absolute Gasteiger partial charge is 0.430 e. The van der Waals surface area contributed by atoms with E-state index >= 15 is 0 Å². The summed E-state index contributed by atoms with van der Waals surface area (Å²) >= 11 is 0. The van der Waals surface area contributed by atoms with Crippen LogP contribution in [0.3, 0.4) is 0 Å². The van der Waals surface area contributed by atoms with Crippen LogP contribution in [-0.2, 0) is 4.79 Å². The van der Waals surface area contributed by atoms with Gasteiger partial charge in [-0.05, 0) is 29.8 Å². The molecule has 1 atom stereocenters. The van der Waals surface area contributed by atoms with Crippen LogP contribution in [0.15, 0.2) is 35.9 Å². The summed E-state index contributed by atoms with van der Waals surface area (Å²) in [7, 11) is 4.33. The Hall–Kier alpha value is -3.36. The molecule has 0 bridgehead atoms. The molecule has 0 amide bonds. The molecular weight excluding hydrogens is 393 g/mol. The highest BCUT2D eigenvalue weighted by molar-refractivity contribution is 5.95. The third-order valence-electron chi connectivity index (χ3n) is 4.41. The molecule has 2 aromatic carbocycles. The van der Waals surface area contributed by atoms with Crippen molar-refractivity contribution in [1.29, 1.82) is 0 Å². The Labute approximate surface area is 164 Å². The van der Waals surface area contributed by atoms with Crippen LogP contribution in [0.2, 0.25) is 0 Å². The number of ether oxygens (including phenoxy) is 4. The average molecular weight is 410 g/mol. The summed E-state index contributed by atoms with van der Waals surface area (Å²) in [5.41, 5.74) is 0.440. The maximum atomic E-state index is 13.2. The summed E-state index contributed by atoms with van der Waals surface area (Å²) in [6.45, 7) is 0. The minimum atomic E-state index is -4.88. The number of rotatable bonds is 5. The molecule has 154 valence electrons. The number of carbonyl (C=O) groups is 1. The van der Waals surface area contributed by atoms with Gasteiger partial charge in [0.2, 0.25) is 6.10 Å². The lowest BCUT2D eigenvalue weighted by atomic mass is 9.96. The molecule has 0 saturated carbocycles. The van der Waals surface area contributed by atoms with E-state index in [1.54, 1.807) is 18.2 Å². The maximum absolute atomic E-state index is 13.2. The Morgan fingerprint density at radius 1 is 1.00 bits per heavy atom. The van der Waals surface area contributed by atoms with Gasteiger partial charge in [-0.25, -0.2) is 4.79 Å².